The molecule has 4 aromatic heterocycles. The predicted octanol–water partition coefficient (Wildman–Crippen LogP) is 7.47. The number of thiophene rings is 1. The van der Waals surface area contributed by atoms with Crippen LogP contribution in [-0.4, -0.2) is 73.2 Å². The number of imidazole rings is 1. The Morgan fingerprint density at radius 3 is 2.61 bits per heavy atom. The molecule has 0 unspecified atom stereocenters. The van der Waals surface area contributed by atoms with E-state index in [1.807, 2.05) is 72.8 Å². The molecule has 2 atom stereocenters. The van der Waals surface area contributed by atoms with E-state index in [9.17, 15) is 14.0 Å². The van der Waals surface area contributed by atoms with Gasteiger partial charge in [-0.25, -0.2) is 18.7 Å². The molecule has 6 aromatic rings. The van der Waals surface area contributed by atoms with Crippen molar-refractivity contribution in [3.8, 4) is 39.5 Å². The highest BCUT2D eigenvalue weighted by molar-refractivity contribution is 7.18. The molecule has 1 aliphatic heterocycles. The number of fused-ring (bicyclic) bond motifs is 3. The van der Waals surface area contributed by atoms with Gasteiger partial charge in [-0.05, 0) is 56.5 Å². The van der Waals surface area contributed by atoms with Gasteiger partial charge in [0.2, 0.25) is 11.8 Å². The van der Waals surface area contributed by atoms with Crippen LogP contribution >= 0.6 is 11.3 Å². The Morgan fingerprint density at radius 1 is 1.08 bits per heavy atom. The summed E-state index contributed by atoms with van der Waals surface area (Å²) in [6.45, 7) is 9.86. The van der Waals surface area contributed by atoms with Gasteiger partial charge in [0, 0.05) is 61.0 Å². The SMILES string of the molecule is C=CC(=O)N1C[C@H](C)n2nc(-c3nc(-c4ccc5c(c4)nc(C)n5C)c4ccsc4c3-c3c(F)cc(F)cc3OCCC(=O)N(C)C)cc2[C@H]1C. The molecule has 13 heteroatoms. The van der Waals surface area contributed by atoms with Crippen molar-refractivity contribution in [1.82, 2.24) is 34.1 Å². The van der Waals surface area contributed by atoms with Crippen molar-refractivity contribution in [2.24, 2.45) is 7.05 Å². The summed E-state index contributed by atoms with van der Waals surface area (Å²) in [5.74, 6) is -1.21. The van der Waals surface area contributed by atoms with Gasteiger partial charge >= 0.3 is 0 Å². The van der Waals surface area contributed by atoms with E-state index in [4.69, 9.17) is 19.8 Å². The predicted molar refractivity (Wildman–Crippen MR) is 194 cm³/mol. The van der Waals surface area contributed by atoms with E-state index in [0.29, 0.717) is 33.9 Å². The summed E-state index contributed by atoms with van der Waals surface area (Å²) < 4.78 is 41.8. The Kier molecular flexibility index (Phi) is 8.70. The molecule has 0 bridgehead atoms. The molecule has 5 heterocycles. The Labute approximate surface area is 297 Å². The third kappa shape index (κ3) is 5.84. The monoisotopic (exact) mass is 709 g/mol. The second kappa shape index (κ2) is 13.0. The quantitative estimate of drug-likeness (QED) is 0.152. The molecule has 0 N–H and O–H groups in total. The largest absolute Gasteiger partial charge is 0.492 e. The zero-order valence-corrected chi connectivity index (χ0v) is 30.0. The molecule has 2 amide bonds. The summed E-state index contributed by atoms with van der Waals surface area (Å²) >= 11 is 1.40. The first-order valence-corrected chi connectivity index (χ1v) is 17.5. The summed E-state index contributed by atoms with van der Waals surface area (Å²) in [6, 6.07) is 11.2. The summed E-state index contributed by atoms with van der Waals surface area (Å²) in [4.78, 5) is 38.3. The second-order valence-electron chi connectivity index (χ2n) is 13.0. The number of aryl methyl sites for hydroxylation is 2. The van der Waals surface area contributed by atoms with Crippen LogP contribution in [0.25, 0.3) is 54.9 Å². The van der Waals surface area contributed by atoms with E-state index in [-0.39, 0.29) is 48.2 Å². The average Bonchev–Trinajstić information content (AvgIpc) is 3.83. The number of ether oxygens (including phenoxy) is 1. The maximum absolute atomic E-state index is 16.3. The minimum absolute atomic E-state index is 0.0153. The maximum Gasteiger partial charge on any atom is 0.246 e. The number of carbonyl (C=O) groups is 2. The van der Waals surface area contributed by atoms with Crippen molar-refractivity contribution in [3.63, 3.8) is 0 Å². The highest BCUT2D eigenvalue weighted by Crippen LogP contribution is 2.48. The smallest absolute Gasteiger partial charge is 0.246 e. The third-order valence-electron chi connectivity index (χ3n) is 9.57. The first-order valence-electron chi connectivity index (χ1n) is 16.6. The minimum atomic E-state index is -0.840. The number of nitrogens with zero attached hydrogens (tertiary/aromatic N) is 7. The maximum atomic E-state index is 16.3. The Bertz CT molecular complexity index is 2380. The van der Waals surface area contributed by atoms with Gasteiger partial charge in [-0.2, -0.15) is 5.10 Å². The zero-order chi connectivity index (χ0) is 36.3. The van der Waals surface area contributed by atoms with Crippen LogP contribution in [0.5, 0.6) is 5.75 Å². The lowest BCUT2D eigenvalue weighted by Gasteiger charge is -2.36. The van der Waals surface area contributed by atoms with E-state index in [1.54, 1.807) is 19.0 Å². The van der Waals surface area contributed by atoms with Gasteiger partial charge < -0.3 is 19.1 Å². The summed E-state index contributed by atoms with van der Waals surface area (Å²) in [5, 5.41) is 7.69. The molecule has 7 rings (SSSR count). The van der Waals surface area contributed by atoms with E-state index in [1.165, 1.54) is 22.3 Å². The van der Waals surface area contributed by atoms with E-state index in [2.05, 4.69) is 6.58 Å². The van der Waals surface area contributed by atoms with Crippen LogP contribution in [0.2, 0.25) is 0 Å². The highest BCUT2D eigenvalue weighted by atomic mass is 32.1. The zero-order valence-electron chi connectivity index (χ0n) is 29.2. The molecular formula is C38H37F2N7O3S. The van der Waals surface area contributed by atoms with Gasteiger partial charge in [-0.3, -0.25) is 14.3 Å². The third-order valence-corrected chi connectivity index (χ3v) is 10.5. The fourth-order valence-corrected chi connectivity index (χ4v) is 7.72. The summed E-state index contributed by atoms with van der Waals surface area (Å²) in [6.07, 6.45) is 1.32. The number of pyridine rings is 1. The van der Waals surface area contributed by atoms with Gasteiger partial charge in [0.1, 0.15) is 34.6 Å². The number of hydrogen-bond acceptors (Lipinski definition) is 7. The highest BCUT2D eigenvalue weighted by Gasteiger charge is 2.34. The number of rotatable bonds is 8. The van der Waals surface area contributed by atoms with Crippen molar-refractivity contribution < 1.29 is 23.1 Å². The van der Waals surface area contributed by atoms with Crippen LogP contribution in [0.4, 0.5) is 8.78 Å². The van der Waals surface area contributed by atoms with Crippen molar-refractivity contribution in [2.45, 2.75) is 39.3 Å². The van der Waals surface area contributed by atoms with Gasteiger partial charge in [0.25, 0.3) is 0 Å². The van der Waals surface area contributed by atoms with Crippen LogP contribution in [0.3, 0.4) is 0 Å². The molecule has 262 valence electrons. The lowest BCUT2D eigenvalue weighted by atomic mass is 9.96. The number of hydrogen-bond donors (Lipinski definition) is 0. The Morgan fingerprint density at radius 2 is 1.86 bits per heavy atom. The first kappa shape index (κ1) is 34.0. The Hall–Kier alpha value is -5.43. The number of amides is 2. The molecule has 0 spiro atoms. The van der Waals surface area contributed by atoms with Gasteiger partial charge in [-0.15, -0.1) is 11.3 Å². The summed E-state index contributed by atoms with van der Waals surface area (Å²) in [7, 11) is 5.23. The minimum Gasteiger partial charge on any atom is -0.492 e. The first-order chi connectivity index (χ1) is 24.4. The van der Waals surface area contributed by atoms with Crippen LogP contribution in [-0.2, 0) is 16.6 Å². The number of benzene rings is 2. The Balaban J connectivity index is 1.48. The molecule has 0 saturated carbocycles. The standard InChI is InChI=1S/C38H37F2N7O3S/c1-8-32(48)46-19-20(2)47-30(21(46)3)18-28(43-47)37-35(34-26(40)16-24(39)17-31(34)50-13-11-33(49)44(5)6)38-25(12-14-51-38)36(42-37)23-9-10-29-27(15-23)41-22(4)45(29)7/h8-10,12,14-18,20-21H,1,11,13,19H2,2-7H3/t20-,21+/m0/s1. The van der Waals surface area contributed by atoms with Crippen molar-refractivity contribution >= 4 is 44.3 Å². The molecule has 0 aliphatic carbocycles. The van der Waals surface area contributed by atoms with Crippen molar-refractivity contribution in [2.75, 3.05) is 27.2 Å². The van der Waals surface area contributed by atoms with Crippen LogP contribution in [0.1, 0.15) is 43.9 Å². The second-order valence-corrected chi connectivity index (χ2v) is 14.0. The number of halogens is 2. The molecular weight excluding hydrogens is 673 g/mol. The van der Waals surface area contributed by atoms with Crippen LogP contribution < -0.4 is 4.74 Å². The topological polar surface area (TPSA) is 98.4 Å². The van der Waals surface area contributed by atoms with Crippen molar-refractivity contribution in [3.05, 3.63) is 83.7 Å². The molecule has 0 fully saturated rings. The van der Waals surface area contributed by atoms with E-state index >= 15 is 4.39 Å². The molecule has 1 aliphatic rings. The van der Waals surface area contributed by atoms with Gasteiger partial charge in [0.15, 0.2) is 0 Å². The molecule has 2 aromatic carbocycles. The van der Waals surface area contributed by atoms with Gasteiger partial charge in [0.05, 0.1) is 53.1 Å². The molecule has 10 nitrogen and oxygen atoms in total. The molecule has 51 heavy (non-hydrogen) atoms. The van der Waals surface area contributed by atoms with E-state index < -0.39 is 11.6 Å². The van der Waals surface area contributed by atoms with Crippen LogP contribution in [0.15, 0.2) is 60.5 Å². The summed E-state index contributed by atoms with van der Waals surface area (Å²) in [5.41, 5.74) is 5.24. The molecule has 0 radical (unpaired) electrons. The van der Waals surface area contributed by atoms with E-state index in [0.717, 1.165) is 45.6 Å². The average molecular weight is 710 g/mol. The van der Waals surface area contributed by atoms with Crippen molar-refractivity contribution in [1.29, 1.82) is 0 Å². The lowest BCUT2D eigenvalue weighted by Crippen LogP contribution is -2.42. The number of aromatic nitrogens is 5. The fraction of sp³-hybridized carbons (Fsp3) is 0.289. The molecule has 0 saturated heterocycles. The number of carbonyl (C=O) groups excluding carboxylic acids is 2. The van der Waals surface area contributed by atoms with Gasteiger partial charge in [-0.1, -0.05) is 12.6 Å². The lowest BCUT2D eigenvalue weighted by molar-refractivity contribution is -0.130. The fourth-order valence-electron chi connectivity index (χ4n) is 6.78. The normalized spacial score (nSPS) is 15.7. The van der Waals surface area contributed by atoms with Crippen LogP contribution in [0, 0.1) is 18.6 Å².